The van der Waals surface area contributed by atoms with Gasteiger partial charge in [-0.25, -0.2) is 0 Å². The zero-order valence-corrected chi connectivity index (χ0v) is 21.8. The summed E-state index contributed by atoms with van der Waals surface area (Å²) in [4.78, 5) is 26.8. The van der Waals surface area contributed by atoms with E-state index in [-0.39, 0.29) is 30.3 Å². The second-order valence-corrected chi connectivity index (χ2v) is 8.96. The molecular formula is C29H34N2O8. The van der Waals surface area contributed by atoms with Crippen LogP contribution >= 0.6 is 0 Å². The molecule has 4 rings (SSSR count). The minimum absolute atomic E-state index is 0.0174. The van der Waals surface area contributed by atoms with Crippen molar-refractivity contribution in [1.82, 2.24) is 0 Å². The van der Waals surface area contributed by atoms with Gasteiger partial charge in [0.1, 0.15) is 5.58 Å². The van der Waals surface area contributed by atoms with Gasteiger partial charge >= 0.3 is 0 Å². The molecule has 4 N–H and O–H groups in total. The summed E-state index contributed by atoms with van der Waals surface area (Å²) in [6.45, 7) is 3.39. The summed E-state index contributed by atoms with van der Waals surface area (Å²) in [6.07, 6.45) is 2.74. The number of hydrogen-bond acceptors (Lipinski definition) is 9. The van der Waals surface area contributed by atoms with Crippen LogP contribution in [0.4, 0.5) is 11.4 Å². The molecule has 0 fully saturated rings. The van der Waals surface area contributed by atoms with E-state index in [1.807, 2.05) is 6.92 Å². The number of fused-ring (bicyclic) bond motifs is 1. The molecule has 2 heterocycles. The van der Waals surface area contributed by atoms with Gasteiger partial charge in [0.15, 0.2) is 11.2 Å². The number of allylic oxidation sites excluding steroid dienone is 1. The molecule has 3 aromatic rings. The molecule has 1 aromatic heterocycles. The molecule has 0 unspecified atom stereocenters. The SMILES string of the molecule is CCO[C@H]1OC(C(=O)Nc2ccccc2N)=C[C@@H](c2coc3ccccc3c2=O)[C@@H]1CCOCCOCCO. The molecule has 10 heteroatoms. The maximum absolute atomic E-state index is 13.6. The van der Waals surface area contributed by atoms with Crippen molar-refractivity contribution >= 4 is 28.3 Å². The molecule has 0 radical (unpaired) electrons. The molecule has 0 saturated heterocycles. The molecule has 10 nitrogen and oxygen atoms in total. The zero-order chi connectivity index (χ0) is 27.6. The van der Waals surface area contributed by atoms with Crippen molar-refractivity contribution < 1.29 is 33.3 Å². The van der Waals surface area contributed by atoms with Crippen molar-refractivity contribution in [2.75, 3.05) is 50.7 Å². The summed E-state index contributed by atoms with van der Waals surface area (Å²) in [5.74, 6) is -1.41. The number of nitrogens with one attached hydrogen (secondary N) is 1. The Labute approximate surface area is 226 Å². The molecule has 2 aromatic carbocycles. The molecule has 0 spiro atoms. The van der Waals surface area contributed by atoms with E-state index < -0.39 is 18.1 Å². The van der Waals surface area contributed by atoms with Gasteiger partial charge in [0.05, 0.1) is 49.5 Å². The third-order valence-corrected chi connectivity index (χ3v) is 6.42. The Morgan fingerprint density at radius 1 is 1.05 bits per heavy atom. The van der Waals surface area contributed by atoms with Crippen LogP contribution in [0.5, 0.6) is 0 Å². The molecule has 0 aliphatic carbocycles. The smallest absolute Gasteiger partial charge is 0.290 e. The second kappa shape index (κ2) is 13.9. The van der Waals surface area contributed by atoms with Crippen molar-refractivity contribution in [2.45, 2.75) is 25.6 Å². The van der Waals surface area contributed by atoms with E-state index >= 15 is 0 Å². The molecule has 208 valence electrons. The lowest BCUT2D eigenvalue weighted by Gasteiger charge is -2.36. The van der Waals surface area contributed by atoms with Crippen LogP contribution in [0.1, 0.15) is 24.8 Å². The van der Waals surface area contributed by atoms with Crippen LogP contribution in [0.15, 0.2) is 75.8 Å². The third-order valence-electron chi connectivity index (χ3n) is 6.42. The monoisotopic (exact) mass is 538 g/mol. The molecule has 0 bridgehead atoms. The van der Waals surface area contributed by atoms with Crippen molar-refractivity contribution in [3.05, 3.63) is 82.4 Å². The predicted octanol–water partition coefficient (Wildman–Crippen LogP) is 3.41. The minimum atomic E-state index is -0.820. The van der Waals surface area contributed by atoms with Gasteiger partial charge in [0.25, 0.3) is 5.91 Å². The van der Waals surface area contributed by atoms with Gasteiger partial charge in [-0.2, -0.15) is 0 Å². The van der Waals surface area contributed by atoms with Crippen LogP contribution in [-0.2, 0) is 23.7 Å². The van der Waals surface area contributed by atoms with Crippen molar-refractivity contribution in [3.63, 3.8) is 0 Å². The third kappa shape index (κ3) is 7.04. The van der Waals surface area contributed by atoms with Gasteiger partial charge in [-0.3, -0.25) is 9.59 Å². The van der Waals surface area contributed by atoms with E-state index in [1.54, 1.807) is 54.6 Å². The highest BCUT2D eigenvalue weighted by Gasteiger charge is 2.39. The van der Waals surface area contributed by atoms with Crippen LogP contribution < -0.4 is 16.5 Å². The van der Waals surface area contributed by atoms with Gasteiger partial charge in [0.2, 0.25) is 6.29 Å². The number of nitrogens with two attached hydrogens (primary N) is 1. The lowest BCUT2D eigenvalue weighted by Crippen LogP contribution is -2.39. The van der Waals surface area contributed by atoms with Crippen molar-refractivity contribution in [1.29, 1.82) is 0 Å². The number of aliphatic hydroxyl groups is 1. The highest BCUT2D eigenvalue weighted by Crippen LogP contribution is 2.38. The Bertz CT molecular complexity index is 1340. The van der Waals surface area contributed by atoms with Gasteiger partial charge in [-0.1, -0.05) is 24.3 Å². The second-order valence-electron chi connectivity index (χ2n) is 8.96. The summed E-state index contributed by atoms with van der Waals surface area (Å²) in [5, 5.41) is 12.1. The first-order chi connectivity index (χ1) is 19.0. The van der Waals surface area contributed by atoms with Gasteiger partial charge in [-0.05, 0) is 43.7 Å². The van der Waals surface area contributed by atoms with Crippen LogP contribution in [0.25, 0.3) is 11.0 Å². The fraction of sp³-hybridized carbons (Fsp3) is 0.379. The number of ether oxygens (including phenoxy) is 4. The molecule has 1 aliphatic rings. The molecule has 3 atom stereocenters. The van der Waals surface area contributed by atoms with Gasteiger partial charge in [-0.15, -0.1) is 0 Å². The van der Waals surface area contributed by atoms with E-state index in [4.69, 9.17) is 34.2 Å². The number of nitrogen functional groups attached to an aromatic ring is 1. The number of anilines is 2. The number of benzene rings is 2. The summed E-state index contributed by atoms with van der Waals surface area (Å²) >= 11 is 0. The Morgan fingerprint density at radius 3 is 2.56 bits per heavy atom. The topological polar surface area (TPSA) is 142 Å². The number of hydrogen-bond donors (Lipinski definition) is 3. The van der Waals surface area contributed by atoms with E-state index in [0.29, 0.717) is 60.8 Å². The predicted molar refractivity (Wildman–Crippen MR) is 146 cm³/mol. The highest BCUT2D eigenvalue weighted by atomic mass is 16.7. The lowest BCUT2D eigenvalue weighted by molar-refractivity contribution is -0.166. The van der Waals surface area contributed by atoms with E-state index in [0.717, 1.165) is 0 Å². The van der Waals surface area contributed by atoms with E-state index in [2.05, 4.69) is 5.32 Å². The first kappa shape index (κ1) is 28.3. The fourth-order valence-electron chi connectivity index (χ4n) is 4.52. The number of carbonyl (C=O) groups is 1. The Morgan fingerprint density at radius 2 is 1.79 bits per heavy atom. The standard InChI is InChI=1S/C29H34N2O8/c1-2-37-29-19(11-13-35-15-16-36-14-12-32)21(22-18-38-25-10-6-3-7-20(25)27(22)33)17-26(39-29)28(34)31-24-9-5-4-8-23(24)30/h3-10,17-19,21,29,32H,2,11-16,30H2,1H3,(H,31,34)/t19-,21+,29-/m0/s1. The average molecular weight is 539 g/mol. The number of rotatable bonds is 13. The maximum Gasteiger partial charge on any atom is 0.290 e. The average Bonchev–Trinajstić information content (AvgIpc) is 2.95. The lowest BCUT2D eigenvalue weighted by atomic mass is 9.81. The van der Waals surface area contributed by atoms with Crippen LogP contribution in [0.2, 0.25) is 0 Å². The molecular weight excluding hydrogens is 504 g/mol. The molecule has 0 saturated carbocycles. The number of carbonyl (C=O) groups excluding carboxylic acids is 1. The van der Waals surface area contributed by atoms with E-state index in [1.165, 1.54) is 6.26 Å². The molecule has 1 aliphatic heterocycles. The highest BCUT2D eigenvalue weighted by molar-refractivity contribution is 6.04. The minimum Gasteiger partial charge on any atom is -0.464 e. The van der Waals surface area contributed by atoms with Crippen molar-refractivity contribution in [3.8, 4) is 0 Å². The zero-order valence-electron chi connectivity index (χ0n) is 21.8. The Kier molecular flexibility index (Phi) is 10.1. The molecule has 39 heavy (non-hydrogen) atoms. The number of para-hydroxylation sites is 3. The van der Waals surface area contributed by atoms with Crippen LogP contribution in [0.3, 0.4) is 0 Å². The van der Waals surface area contributed by atoms with Gasteiger partial charge in [0, 0.05) is 30.6 Å². The summed E-state index contributed by atoms with van der Waals surface area (Å²) in [7, 11) is 0. The quantitative estimate of drug-likeness (QED) is 0.220. The summed E-state index contributed by atoms with van der Waals surface area (Å²) in [5.41, 5.74) is 7.54. The first-order valence-corrected chi connectivity index (χ1v) is 13.0. The number of aliphatic hydroxyl groups excluding tert-OH is 1. The van der Waals surface area contributed by atoms with Crippen molar-refractivity contribution in [2.24, 2.45) is 5.92 Å². The first-order valence-electron chi connectivity index (χ1n) is 13.0. The summed E-state index contributed by atoms with van der Waals surface area (Å²) in [6, 6.07) is 13.9. The maximum atomic E-state index is 13.6. The normalized spacial score (nSPS) is 18.9. The van der Waals surface area contributed by atoms with Gasteiger partial charge < -0.3 is 39.5 Å². The fourth-order valence-corrected chi connectivity index (χ4v) is 4.52. The Hall–Kier alpha value is -3.70. The number of amides is 1. The Balaban J connectivity index is 1.65. The van der Waals surface area contributed by atoms with E-state index in [9.17, 15) is 9.59 Å². The van der Waals surface area contributed by atoms with Crippen LogP contribution in [0, 0.1) is 5.92 Å². The molecule has 1 amide bonds. The largest absolute Gasteiger partial charge is 0.464 e. The summed E-state index contributed by atoms with van der Waals surface area (Å²) < 4.78 is 28.8. The van der Waals surface area contributed by atoms with Crippen LogP contribution in [-0.4, -0.2) is 56.9 Å².